The molecular formula is C15H15ClN6. The van der Waals surface area contributed by atoms with E-state index in [4.69, 9.17) is 11.6 Å². The topological polar surface area (TPSA) is 71.4 Å². The molecule has 2 N–H and O–H groups in total. The van der Waals surface area contributed by atoms with Gasteiger partial charge in [-0.3, -0.25) is 5.10 Å². The van der Waals surface area contributed by atoms with Crippen molar-refractivity contribution in [1.82, 2.24) is 25.0 Å². The molecule has 6 nitrogen and oxygen atoms in total. The quantitative estimate of drug-likeness (QED) is 0.774. The highest BCUT2D eigenvalue weighted by atomic mass is 35.5. The van der Waals surface area contributed by atoms with Gasteiger partial charge in [-0.25, -0.2) is 4.68 Å². The van der Waals surface area contributed by atoms with E-state index < -0.39 is 0 Å². The van der Waals surface area contributed by atoms with Crippen molar-refractivity contribution >= 4 is 39.7 Å². The molecule has 112 valence electrons. The number of rotatable bonds is 3. The average Bonchev–Trinajstić information content (AvgIpc) is 3.23. The van der Waals surface area contributed by atoms with E-state index in [1.807, 2.05) is 19.2 Å². The summed E-state index contributed by atoms with van der Waals surface area (Å²) in [5.41, 5.74) is 2.92. The normalized spacial score (nSPS) is 14.5. The fourth-order valence-electron chi connectivity index (χ4n) is 2.70. The zero-order valence-corrected chi connectivity index (χ0v) is 12.9. The van der Waals surface area contributed by atoms with Crippen molar-refractivity contribution in [2.75, 3.05) is 5.32 Å². The maximum atomic E-state index is 6.43. The Labute approximate surface area is 132 Å². The maximum absolute atomic E-state index is 6.43. The molecule has 2 heterocycles. The minimum Gasteiger partial charge on any atom is -0.323 e. The molecule has 22 heavy (non-hydrogen) atoms. The van der Waals surface area contributed by atoms with E-state index in [0.717, 1.165) is 35.3 Å². The number of hydrogen-bond acceptors (Lipinski definition) is 4. The molecule has 0 saturated carbocycles. The number of aromatic amines is 1. The molecule has 7 heteroatoms. The number of halogens is 1. The van der Waals surface area contributed by atoms with Gasteiger partial charge >= 0.3 is 0 Å². The minimum atomic E-state index is 0.621. The van der Waals surface area contributed by atoms with Crippen LogP contribution in [0.4, 0.5) is 11.6 Å². The van der Waals surface area contributed by atoms with Gasteiger partial charge in [-0.05, 0) is 37.0 Å². The van der Waals surface area contributed by atoms with Gasteiger partial charge < -0.3 is 5.32 Å². The summed E-state index contributed by atoms with van der Waals surface area (Å²) in [6.45, 7) is 0. The van der Waals surface area contributed by atoms with Gasteiger partial charge in [-0.1, -0.05) is 17.7 Å². The summed E-state index contributed by atoms with van der Waals surface area (Å²) in [4.78, 5) is 4.59. The number of benzene rings is 1. The standard InChI is InChI=1S/C15H15ClN6/c1-22-15(19-14(21-22)9-4-2-3-5-9)18-12-7-6-11-10(13(12)16)8-17-20-11/h4,6-8H,2-3,5H2,1H3,(H,17,20)(H,18,19,21). The van der Waals surface area contributed by atoms with Crippen molar-refractivity contribution < 1.29 is 0 Å². The van der Waals surface area contributed by atoms with E-state index >= 15 is 0 Å². The number of H-pyrrole nitrogens is 1. The number of fused-ring (bicyclic) bond motifs is 1. The van der Waals surface area contributed by atoms with Gasteiger partial charge in [0.15, 0.2) is 5.82 Å². The maximum Gasteiger partial charge on any atom is 0.225 e. The molecule has 0 aliphatic heterocycles. The zero-order valence-electron chi connectivity index (χ0n) is 12.1. The molecule has 3 aromatic rings. The second-order valence-corrected chi connectivity index (χ2v) is 5.77. The van der Waals surface area contributed by atoms with Crippen LogP contribution in [0.3, 0.4) is 0 Å². The lowest BCUT2D eigenvalue weighted by Gasteiger charge is -2.07. The number of hydrogen-bond donors (Lipinski definition) is 2. The van der Waals surface area contributed by atoms with Crippen LogP contribution in [0.15, 0.2) is 24.4 Å². The van der Waals surface area contributed by atoms with Crippen molar-refractivity contribution in [3.8, 4) is 0 Å². The number of anilines is 2. The van der Waals surface area contributed by atoms with Crippen LogP contribution < -0.4 is 5.32 Å². The third-order valence-corrected chi connectivity index (χ3v) is 4.30. The highest BCUT2D eigenvalue weighted by molar-refractivity contribution is 6.38. The lowest BCUT2D eigenvalue weighted by Crippen LogP contribution is -2.00. The number of aryl methyl sites for hydroxylation is 1. The molecule has 0 amide bonds. The Kier molecular flexibility index (Phi) is 3.11. The van der Waals surface area contributed by atoms with Crippen LogP contribution in [0.2, 0.25) is 5.02 Å². The molecule has 0 spiro atoms. The molecule has 0 saturated heterocycles. The van der Waals surface area contributed by atoms with Crippen molar-refractivity contribution in [3.63, 3.8) is 0 Å². The highest BCUT2D eigenvalue weighted by Crippen LogP contribution is 2.32. The zero-order chi connectivity index (χ0) is 15.1. The van der Waals surface area contributed by atoms with E-state index in [2.05, 4.69) is 31.7 Å². The van der Waals surface area contributed by atoms with Crippen LogP contribution in [0.25, 0.3) is 16.5 Å². The molecule has 2 aromatic heterocycles. The van der Waals surface area contributed by atoms with Gasteiger partial charge in [0.05, 0.1) is 22.4 Å². The van der Waals surface area contributed by atoms with Crippen LogP contribution in [0.5, 0.6) is 0 Å². The molecule has 0 radical (unpaired) electrons. The average molecular weight is 315 g/mol. The fraction of sp³-hybridized carbons (Fsp3) is 0.267. The van der Waals surface area contributed by atoms with Crippen molar-refractivity contribution in [2.24, 2.45) is 7.05 Å². The third kappa shape index (κ3) is 2.16. The summed E-state index contributed by atoms with van der Waals surface area (Å²) in [6.07, 6.45) is 7.27. The second-order valence-electron chi connectivity index (χ2n) is 5.39. The summed E-state index contributed by atoms with van der Waals surface area (Å²) in [5.74, 6) is 1.47. The first-order valence-corrected chi connectivity index (χ1v) is 7.59. The summed E-state index contributed by atoms with van der Waals surface area (Å²) in [5, 5.41) is 16.1. The predicted octanol–water partition coefficient (Wildman–Crippen LogP) is 3.66. The van der Waals surface area contributed by atoms with Gasteiger partial charge in [0.1, 0.15) is 0 Å². The summed E-state index contributed by atoms with van der Waals surface area (Å²) >= 11 is 6.43. The van der Waals surface area contributed by atoms with Gasteiger partial charge in [0, 0.05) is 12.4 Å². The largest absolute Gasteiger partial charge is 0.323 e. The lowest BCUT2D eigenvalue weighted by atomic mass is 10.2. The Bertz CT molecular complexity index is 875. The van der Waals surface area contributed by atoms with Gasteiger partial charge in [-0.2, -0.15) is 10.1 Å². The van der Waals surface area contributed by atoms with Gasteiger partial charge in [0.2, 0.25) is 5.95 Å². The Balaban J connectivity index is 1.68. The summed E-state index contributed by atoms with van der Waals surface area (Å²) in [7, 11) is 1.87. The van der Waals surface area contributed by atoms with Crippen LogP contribution in [0.1, 0.15) is 25.1 Å². The number of nitrogens with one attached hydrogen (secondary N) is 2. The van der Waals surface area contributed by atoms with Crippen LogP contribution in [0, 0.1) is 0 Å². The van der Waals surface area contributed by atoms with Gasteiger partial charge in [-0.15, -0.1) is 5.10 Å². The monoisotopic (exact) mass is 314 g/mol. The Morgan fingerprint density at radius 1 is 1.36 bits per heavy atom. The van der Waals surface area contributed by atoms with Crippen molar-refractivity contribution in [2.45, 2.75) is 19.3 Å². The van der Waals surface area contributed by atoms with Crippen molar-refractivity contribution in [3.05, 3.63) is 35.3 Å². The molecule has 1 aromatic carbocycles. The number of aromatic nitrogens is 5. The first kappa shape index (κ1) is 13.3. The Hall–Kier alpha value is -2.34. The van der Waals surface area contributed by atoms with E-state index in [9.17, 15) is 0 Å². The first-order valence-electron chi connectivity index (χ1n) is 7.21. The predicted molar refractivity (Wildman–Crippen MR) is 87.2 cm³/mol. The molecule has 0 bridgehead atoms. The molecule has 1 aliphatic rings. The van der Waals surface area contributed by atoms with Crippen molar-refractivity contribution in [1.29, 1.82) is 0 Å². The molecule has 0 fully saturated rings. The second kappa shape index (κ2) is 5.14. The molecular weight excluding hydrogens is 300 g/mol. The minimum absolute atomic E-state index is 0.621. The number of nitrogens with zero attached hydrogens (tertiary/aromatic N) is 4. The van der Waals surface area contributed by atoms with E-state index in [1.165, 1.54) is 12.0 Å². The van der Waals surface area contributed by atoms with E-state index in [0.29, 0.717) is 11.0 Å². The Morgan fingerprint density at radius 3 is 3.09 bits per heavy atom. The van der Waals surface area contributed by atoms with Gasteiger partial charge in [0.25, 0.3) is 0 Å². The van der Waals surface area contributed by atoms with E-state index in [1.54, 1.807) is 10.9 Å². The van der Waals surface area contributed by atoms with Crippen LogP contribution in [-0.4, -0.2) is 25.0 Å². The lowest BCUT2D eigenvalue weighted by molar-refractivity contribution is 0.770. The first-order chi connectivity index (χ1) is 10.7. The van der Waals surface area contributed by atoms with Crippen LogP contribution >= 0.6 is 11.6 Å². The smallest absolute Gasteiger partial charge is 0.225 e. The Morgan fingerprint density at radius 2 is 2.27 bits per heavy atom. The highest BCUT2D eigenvalue weighted by Gasteiger charge is 2.15. The third-order valence-electron chi connectivity index (χ3n) is 3.90. The molecule has 1 aliphatic carbocycles. The fourth-order valence-corrected chi connectivity index (χ4v) is 2.96. The summed E-state index contributed by atoms with van der Waals surface area (Å²) < 4.78 is 1.74. The molecule has 0 atom stereocenters. The molecule has 0 unspecified atom stereocenters. The van der Waals surface area contributed by atoms with Crippen LogP contribution in [-0.2, 0) is 7.05 Å². The van der Waals surface area contributed by atoms with E-state index in [-0.39, 0.29) is 0 Å². The number of allylic oxidation sites excluding steroid dienone is 2. The summed E-state index contributed by atoms with van der Waals surface area (Å²) in [6, 6.07) is 3.85. The SMILES string of the molecule is Cn1nc(C2=CCCC2)nc1Nc1ccc2[nH]ncc2c1Cl. The molecule has 4 rings (SSSR count).